The van der Waals surface area contributed by atoms with Crippen LogP contribution in [0.5, 0.6) is 0 Å². The minimum absolute atomic E-state index is 0.0619. The summed E-state index contributed by atoms with van der Waals surface area (Å²) in [5, 5.41) is 12.0. The molecule has 0 saturated carbocycles. The smallest absolute Gasteiger partial charge is 0.335 e. The lowest BCUT2D eigenvalue weighted by atomic mass is 10.1. The molecule has 6 nitrogen and oxygen atoms in total. The second-order valence-electron chi connectivity index (χ2n) is 6.12. The van der Waals surface area contributed by atoms with Crippen LogP contribution in [0.25, 0.3) is 0 Å². The van der Waals surface area contributed by atoms with Gasteiger partial charge in [-0.05, 0) is 61.4 Å². The van der Waals surface area contributed by atoms with Crippen LogP contribution in [-0.4, -0.2) is 28.9 Å². The highest BCUT2D eigenvalue weighted by Crippen LogP contribution is 2.26. The van der Waals surface area contributed by atoms with E-state index in [1.165, 1.54) is 24.3 Å². The highest BCUT2D eigenvalue weighted by atomic mass is 16.4. The standard InChI is InChI=1S/C19H18N2O4/c1-11-3-6-14(9-12(11)2)20-16-10-17(22)21(18(16)23)15-7-4-13(5-8-15)19(24)25/h3-9,16,20H,10H2,1-2H3,(H,24,25). The van der Waals surface area contributed by atoms with Gasteiger partial charge in [-0.2, -0.15) is 0 Å². The molecule has 1 atom stereocenters. The Hall–Kier alpha value is -3.15. The minimum Gasteiger partial charge on any atom is -0.478 e. The molecule has 25 heavy (non-hydrogen) atoms. The Bertz CT molecular complexity index is 858. The van der Waals surface area contributed by atoms with Crippen molar-refractivity contribution in [1.82, 2.24) is 0 Å². The number of hydrogen-bond donors (Lipinski definition) is 2. The molecule has 1 unspecified atom stereocenters. The number of carbonyl (C=O) groups excluding carboxylic acids is 2. The summed E-state index contributed by atoms with van der Waals surface area (Å²) in [6, 6.07) is 10.8. The molecule has 1 aliphatic heterocycles. The second-order valence-corrected chi connectivity index (χ2v) is 6.12. The zero-order valence-electron chi connectivity index (χ0n) is 13.9. The predicted molar refractivity (Wildman–Crippen MR) is 93.8 cm³/mol. The zero-order chi connectivity index (χ0) is 18.1. The Morgan fingerprint density at radius 2 is 1.76 bits per heavy atom. The van der Waals surface area contributed by atoms with E-state index >= 15 is 0 Å². The molecular weight excluding hydrogens is 320 g/mol. The fourth-order valence-corrected chi connectivity index (χ4v) is 2.80. The van der Waals surface area contributed by atoms with Crippen molar-refractivity contribution in [2.45, 2.75) is 26.3 Å². The quantitative estimate of drug-likeness (QED) is 0.837. The van der Waals surface area contributed by atoms with Gasteiger partial charge >= 0.3 is 5.97 Å². The maximum Gasteiger partial charge on any atom is 0.335 e. The Balaban J connectivity index is 1.79. The molecule has 2 aromatic carbocycles. The predicted octanol–water partition coefficient (Wildman–Crippen LogP) is 2.75. The summed E-state index contributed by atoms with van der Waals surface area (Å²) in [6.07, 6.45) is 0.0619. The third-order valence-corrected chi connectivity index (χ3v) is 4.37. The van der Waals surface area contributed by atoms with E-state index in [1.807, 2.05) is 32.0 Å². The lowest BCUT2D eigenvalue weighted by molar-refractivity contribution is -0.121. The van der Waals surface area contributed by atoms with Crippen LogP contribution in [0.3, 0.4) is 0 Å². The first kappa shape index (κ1) is 16.7. The van der Waals surface area contributed by atoms with Gasteiger partial charge in [0.05, 0.1) is 17.7 Å². The molecule has 0 radical (unpaired) electrons. The normalized spacial score (nSPS) is 17.0. The topological polar surface area (TPSA) is 86.7 Å². The van der Waals surface area contributed by atoms with E-state index in [1.54, 1.807) is 0 Å². The third-order valence-electron chi connectivity index (χ3n) is 4.37. The Morgan fingerprint density at radius 1 is 1.08 bits per heavy atom. The Morgan fingerprint density at radius 3 is 2.36 bits per heavy atom. The molecule has 1 heterocycles. The summed E-state index contributed by atoms with van der Waals surface area (Å²) in [6.45, 7) is 3.99. The number of nitrogens with one attached hydrogen (secondary N) is 1. The van der Waals surface area contributed by atoms with Crippen LogP contribution in [0, 0.1) is 13.8 Å². The van der Waals surface area contributed by atoms with Gasteiger partial charge in [0, 0.05) is 5.69 Å². The number of carboxylic acid groups (broad SMARTS) is 1. The van der Waals surface area contributed by atoms with Gasteiger partial charge in [-0.1, -0.05) is 6.07 Å². The molecule has 128 valence electrons. The fourth-order valence-electron chi connectivity index (χ4n) is 2.80. The summed E-state index contributed by atoms with van der Waals surface area (Å²) >= 11 is 0. The third kappa shape index (κ3) is 3.24. The molecule has 1 fully saturated rings. The average molecular weight is 338 g/mol. The number of amides is 2. The maximum atomic E-state index is 12.6. The first-order chi connectivity index (χ1) is 11.9. The Kier molecular flexibility index (Phi) is 4.27. The lowest BCUT2D eigenvalue weighted by Crippen LogP contribution is -2.34. The number of benzene rings is 2. The van der Waals surface area contributed by atoms with Gasteiger partial charge < -0.3 is 10.4 Å². The second kappa shape index (κ2) is 6.39. The van der Waals surface area contributed by atoms with Crippen LogP contribution < -0.4 is 10.2 Å². The lowest BCUT2D eigenvalue weighted by Gasteiger charge is -2.16. The molecule has 2 amide bonds. The van der Waals surface area contributed by atoms with Crippen molar-refractivity contribution < 1.29 is 19.5 Å². The molecule has 2 aromatic rings. The van der Waals surface area contributed by atoms with Crippen molar-refractivity contribution in [3.05, 3.63) is 59.2 Å². The number of rotatable bonds is 4. The van der Waals surface area contributed by atoms with Crippen LogP contribution in [0.15, 0.2) is 42.5 Å². The van der Waals surface area contributed by atoms with E-state index in [4.69, 9.17) is 5.11 Å². The highest BCUT2D eigenvalue weighted by Gasteiger charge is 2.39. The SMILES string of the molecule is Cc1ccc(NC2CC(=O)N(c3ccc(C(=O)O)cc3)C2=O)cc1C. The summed E-state index contributed by atoms with van der Waals surface area (Å²) in [4.78, 5) is 36.9. The number of imide groups is 1. The van der Waals surface area contributed by atoms with Crippen molar-refractivity contribution >= 4 is 29.2 Å². The molecular formula is C19H18N2O4. The van der Waals surface area contributed by atoms with Crippen molar-refractivity contribution in [1.29, 1.82) is 0 Å². The van der Waals surface area contributed by atoms with Gasteiger partial charge in [0.2, 0.25) is 5.91 Å². The number of hydrogen-bond acceptors (Lipinski definition) is 4. The Labute approximate surface area is 145 Å². The van der Waals surface area contributed by atoms with Crippen molar-refractivity contribution in [2.75, 3.05) is 10.2 Å². The number of aromatic carboxylic acids is 1. The van der Waals surface area contributed by atoms with E-state index in [0.29, 0.717) is 5.69 Å². The summed E-state index contributed by atoms with van der Waals surface area (Å²) < 4.78 is 0. The molecule has 0 aromatic heterocycles. The van der Waals surface area contributed by atoms with Gasteiger partial charge in [0.25, 0.3) is 5.91 Å². The molecule has 2 N–H and O–H groups in total. The van der Waals surface area contributed by atoms with Crippen molar-refractivity contribution in [3.63, 3.8) is 0 Å². The van der Waals surface area contributed by atoms with Crippen LogP contribution >= 0.6 is 0 Å². The summed E-state index contributed by atoms with van der Waals surface area (Å²) in [7, 11) is 0. The molecule has 6 heteroatoms. The molecule has 1 saturated heterocycles. The van der Waals surface area contributed by atoms with E-state index in [9.17, 15) is 14.4 Å². The van der Waals surface area contributed by atoms with Crippen LogP contribution in [0.2, 0.25) is 0 Å². The van der Waals surface area contributed by atoms with Gasteiger partial charge in [-0.25, -0.2) is 9.69 Å². The van der Waals surface area contributed by atoms with E-state index < -0.39 is 12.0 Å². The molecule has 0 bridgehead atoms. The van der Waals surface area contributed by atoms with Crippen LogP contribution in [-0.2, 0) is 9.59 Å². The van der Waals surface area contributed by atoms with Gasteiger partial charge in [0.15, 0.2) is 0 Å². The molecule has 0 spiro atoms. The first-order valence-electron chi connectivity index (χ1n) is 7.91. The van der Waals surface area contributed by atoms with Crippen LogP contribution in [0.4, 0.5) is 11.4 Å². The number of nitrogens with zero attached hydrogens (tertiary/aromatic N) is 1. The van der Waals surface area contributed by atoms with E-state index in [-0.39, 0.29) is 23.8 Å². The molecule has 1 aliphatic rings. The largest absolute Gasteiger partial charge is 0.478 e. The average Bonchev–Trinajstić information content (AvgIpc) is 2.85. The minimum atomic E-state index is -1.06. The van der Waals surface area contributed by atoms with Crippen LogP contribution in [0.1, 0.15) is 27.9 Å². The fraction of sp³-hybridized carbons (Fsp3) is 0.211. The monoisotopic (exact) mass is 338 g/mol. The number of aryl methyl sites for hydroxylation is 2. The van der Waals surface area contributed by atoms with E-state index in [2.05, 4.69) is 5.32 Å². The summed E-state index contributed by atoms with van der Waals surface area (Å²) in [5.41, 5.74) is 3.52. The number of anilines is 2. The first-order valence-corrected chi connectivity index (χ1v) is 7.91. The van der Waals surface area contributed by atoms with Crippen molar-refractivity contribution in [3.8, 4) is 0 Å². The maximum absolute atomic E-state index is 12.6. The molecule has 3 rings (SSSR count). The summed E-state index contributed by atoms with van der Waals surface area (Å²) in [5.74, 6) is -1.71. The number of carbonyl (C=O) groups is 3. The highest BCUT2D eigenvalue weighted by molar-refractivity contribution is 6.23. The van der Waals surface area contributed by atoms with Gasteiger partial charge in [-0.15, -0.1) is 0 Å². The van der Waals surface area contributed by atoms with Crippen molar-refractivity contribution in [2.24, 2.45) is 0 Å². The number of carboxylic acids is 1. The molecule has 0 aliphatic carbocycles. The van der Waals surface area contributed by atoms with E-state index in [0.717, 1.165) is 21.7 Å². The zero-order valence-corrected chi connectivity index (χ0v) is 13.9. The van der Waals surface area contributed by atoms with Gasteiger partial charge in [0.1, 0.15) is 6.04 Å². The van der Waals surface area contributed by atoms with Gasteiger partial charge in [-0.3, -0.25) is 9.59 Å².